The van der Waals surface area contributed by atoms with E-state index >= 15 is 0 Å². The quantitative estimate of drug-likeness (QED) is 0.274. The second-order valence-electron chi connectivity index (χ2n) is 4.29. The first-order valence-electron chi connectivity index (χ1n) is 6.03. The van der Waals surface area contributed by atoms with Gasteiger partial charge in [0.2, 0.25) is 0 Å². The van der Waals surface area contributed by atoms with Crippen molar-refractivity contribution in [2.24, 2.45) is 5.92 Å². The van der Waals surface area contributed by atoms with Crippen LogP contribution in [0.4, 0.5) is 0 Å². The first-order valence-corrected chi connectivity index (χ1v) is 7.79. The van der Waals surface area contributed by atoms with Crippen LogP contribution in [0.15, 0.2) is 24.1 Å². The lowest BCUT2D eigenvalue weighted by molar-refractivity contribution is -0.170. The Kier molecular flexibility index (Phi) is 6.41. The Bertz CT molecular complexity index is 500. The van der Waals surface area contributed by atoms with Gasteiger partial charge in [-0.25, -0.2) is 0 Å². The van der Waals surface area contributed by atoms with Gasteiger partial charge in [-0.1, -0.05) is 4.67 Å². The summed E-state index contributed by atoms with van der Waals surface area (Å²) in [6.07, 6.45) is 3.14. The van der Waals surface area contributed by atoms with Crippen LogP contribution < -0.4 is 5.32 Å². The zero-order valence-electron chi connectivity index (χ0n) is 11.0. The minimum atomic E-state index is -4.32. The fourth-order valence-electron chi connectivity index (χ4n) is 1.50. The number of hydrogen-bond donors (Lipinski definition) is 4. The summed E-state index contributed by atoms with van der Waals surface area (Å²) in [5.74, 6) is -3.65. The van der Waals surface area contributed by atoms with Crippen LogP contribution in [0.25, 0.3) is 0 Å². The van der Waals surface area contributed by atoms with Gasteiger partial charge in [-0.2, -0.15) is 0 Å². The molecule has 2 unspecified atom stereocenters. The minimum absolute atomic E-state index is 0.209. The lowest BCUT2D eigenvalue weighted by Gasteiger charge is -2.16. The maximum absolute atomic E-state index is 11.7. The van der Waals surface area contributed by atoms with Crippen LogP contribution in [0.5, 0.6) is 0 Å². The molecule has 9 nitrogen and oxygen atoms in total. The topological polar surface area (TPSA) is 142 Å². The summed E-state index contributed by atoms with van der Waals surface area (Å²) in [6.45, 7) is 0.460. The van der Waals surface area contributed by atoms with E-state index in [9.17, 15) is 19.0 Å². The number of allylic oxidation sites excluding steroid dienone is 1. The summed E-state index contributed by atoms with van der Waals surface area (Å²) in [4.78, 5) is 35.6. The van der Waals surface area contributed by atoms with E-state index in [1.165, 1.54) is 6.08 Å². The third-order valence-electron chi connectivity index (χ3n) is 2.54. The van der Waals surface area contributed by atoms with Crippen LogP contribution in [0, 0.1) is 5.92 Å². The summed E-state index contributed by atoms with van der Waals surface area (Å²) in [5.41, 5.74) is 0. The largest absolute Gasteiger partial charge is 0.481 e. The molecule has 118 valence electrons. The van der Waals surface area contributed by atoms with Gasteiger partial charge in [-0.15, -0.1) is 0 Å². The van der Waals surface area contributed by atoms with Crippen molar-refractivity contribution >= 4 is 19.5 Å². The van der Waals surface area contributed by atoms with Gasteiger partial charge in [-0.05, 0) is 18.6 Å². The Morgan fingerprint density at radius 3 is 2.67 bits per heavy atom. The van der Waals surface area contributed by atoms with E-state index in [0.29, 0.717) is 6.54 Å². The number of aliphatic carboxylic acids is 2. The van der Waals surface area contributed by atoms with E-state index in [4.69, 9.17) is 10.2 Å². The normalized spacial score (nSPS) is 18.0. The monoisotopic (exact) mass is 321 g/mol. The standard InChI is InChI=1S/C11H16NO8P/c13-10(14)2-1-8(11(15)16)7-21(17,18)20-19-9-3-5-12-6-4-9/h3-5,8,12H,1-2,6-7H2,(H,13,14)(H,15,16)(H,17,18). The molecule has 1 rings (SSSR count). The lowest BCUT2D eigenvalue weighted by atomic mass is 10.1. The number of nitrogens with one attached hydrogen (secondary N) is 1. The van der Waals surface area contributed by atoms with E-state index < -0.39 is 38.0 Å². The van der Waals surface area contributed by atoms with Crippen molar-refractivity contribution in [1.82, 2.24) is 5.32 Å². The molecule has 0 aromatic heterocycles. The molecular formula is C11H16NO8P. The Morgan fingerprint density at radius 1 is 1.43 bits per heavy atom. The van der Waals surface area contributed by atoms with Gasteiger partial charge in [0.1, 0.15) is 0 Å². The maximum atomic E-state index is 11.7. The Labute approximate surface area is 120 Å². The van der Waals surface area contributed by atoms with Gasteiger partial charge >= 0.3 is 19.5 Å². The number of hydrogen-bond acceptors (Lipinski definition) is 6. The average molecular weight is 321 g/mol. The molecule has 0 aromatic carbocycles. The van der Waals surface area contributed by atoms with Crippen LogP contribution in [0.2, 0.25) is 0 Å². The van der Waals surface area contributed by atoms with Crippen LogP contribution in [-0.4, -0.2) is 39.8 Å². The van der Waals surface area contributed by atoms with Gasteiger partial charge in [0.05, 0.1) is 12.1 Å². The molecule has 0 saturated heterocycles. The average Bonchev–Trinajstić information content (AvgIpc) is 2.42. The molecule has 4 N–H and O–H groups in total. The van der Waals surface area contributed by atoms with E-state index in [1.807, 2.05) is 0 Å². The third kappa shape index (κ3) is 6.94. The number of rotatable bonds is 9. The highest BCUT2D eigenvalue weighted by Crippen LogP contribution is 2.45. The van der Waals surface area contributed by atoms with Crippen molar-refractivity contribution in [2.75, 3.05) is 12.7 Å². The summed E-state index contributed by atoms with van der Waals surface area (Å²) in [7, 11) is -4.32. The molecule has 0 amide bonds. The summed E-state index contributed by atoms with van der Waals surface area (Å²) in [5, 5.41) is 20.3. The highest BCUT2D eigenvalue weighted by molar-refractivity contribution is 7.52. The second kappa shape index (κ2) is 7.82. The molecule has 1 aliphatic heterocycles. The molecule has 0 bridgehead atoms. The molecule has 0 aliphatic carbocycles. The second-order valence-corrected chi connectivity index (χ2v) is 6.08. The molecular weight excluding hydrogens is 305 g/mol. The molecule has 2 atom stereocenters. The van der Waals surface area contributed by atoms with Gasteiger partial charge < -0.3 is 25.3 Å². The number of carboxylic acid groups (broad SMARTS) is 2. The number of dihydropyridines is 1. The molecule has 1 heterocycles. The van der Waals surface area contributed by atoms with Crippen molar-refractivity contribution in [1.29, 1.82) is 0 Å². The van der Waals surface area contributed by atoms with E-state index in [1.54, 1.807) is 12.3 Å². The molecule has 10 heteroatoms. The fraction of sp³-hybridized carbons (Fsp3) is 0.455. The molecule has 0 radical (unpaired) electrons. The Balaban J connectivity index is 2.52. The highest BCUT2D eigenvalue weighted by Gasteiger charge is 2.32. The maximum Gasteiger partial charge on any atom is 0.367 e. The van der Waals surface area contributed by atoms with E-state index in [-0.39, 0.29) is 12.2 Å². The first kappa shape index (κ1) is 17.2. The number of carboxylic acids is 2. The van der Waals surface area contributed by atoms with Gasteiger partial charge in [0.25, 0.3) is 0 Å². The van der Waals surface area contributed by atoms with Crippen LogP contribution in [-0.2, 0) is 23.7 Å². The molecule has 21 heavy (non-hydrogen) atoms. The van der Waals surface area contributed by atoms with Gasteiger partial charge in [0, 0.05) is 19.2 Å². The van der Waals surface area contributed by atoms with Crippen molar-refractivity contribution in [3.63, 3.8) is 0 Å². The van der Waals surface area contributed by atoms with Crippen molar-refractivity contribution < 1.29 is 38.8 Å². The van der Waals surface area contributed by atoms with E-state index in [0.717, 1.165) is 0 Å². The van der Waals surface area contributed by atoms with E-state index in [2.05, 4.69) is 14.9 Å². The molecule has 0 saturated carbocycles. The summed E-state index contributed by atoms with van der Waals surface area (Å²) < 4.78 is 16.2. The van der Waals surface area contributed by atoms with Gasteiger partial charge in [-0.3, -0.25) is 14.2 Å². The fourth-order valence-corrected chi connectivity index (χ4v) is 2.66. The Morgan fingerprint density at radius 2 is 2.14 bits per heavy atom. The van der Waals surface area contributed by atoms with Crippen molar-refractivity contribution in [3.8, 4) is 0 Å². The smallest absolute Gasteiger partial charge is 0.367 e. The minimum Gasteiger partial charge on any atom is -0.481 e. The molecule has 1 aliphatic rings. The third-order valence-corrected chi connectivity index (χ3v) is 3.75. The van der Waals surface area contributed by atoms with Crippen LogP contribution >= 0.6 is 7.60 Å². The van der Waals surface area contributed by atoms with Gasteiger partial charge in [0.15, 0.2) is 5.76 Å². The van der Waals surface area contributed by atoms with Crippen LogP contribution in [0.1, 0.15) is 12.8 Å². The lowest BCUT2D eigenvalue weighted by Crippen LogP contribution is -2.20. The molecule has 0 spiro atoms. The first-order chi connectivity index (χ1) is 9.80. The molecule has 0 fully saturated rings. The predicted molar refractivity (Wildman–Crippen MR) is 70.1 cm³/mol. The van der Waals surface area contributed by atoms with Crippen molar-refractivity contribution in [3.05, 3.63) is 24.1 Å². The zero-order valence-corrected chi connectivity index (χ0v) is 11.9. The Hall–Kier alpha value is -1.83. The van der Waals surface area contributed by atoms with Crippen LogP contribution in [0.3, 0.4) is 0 Å². The number of carbonyl (C=O) groups is 2. The highest BCUT2D eigenvalue weighted by atomic mass is 31.2. The summed E-state index contributed by atoms with van der Waals surface area (Å²) >= 11 is 0. The SMILES string of the molecule is O=C(O)CCC(CP(=O)(O)OOC1=CCNC=C1)C(=O)O. The van der Waals surface area contributed by atoms with Crippen molar-refractivity contribution in [2.45, 2.75) is 12.8 Å². The molecule has 0 aromatic rings. The predicted octanol–water partition coefficient (Wildman–Crippen LogP) is 0.686. The summed E-state index contributed by atoms with van der Waals surface area (Å²) in [6, 6.07) is 0. The zero-order chi connectivity index (χ0) is 15.9.